The lowest BCUT2D eigenvalue weighted by Gasteiger charge is -2.50. The van der Waals surface area contributed by atoms with Gasteiger partial charge in [-0.25, -0.2) is 4.98 Å². The molecule has 2 aromatic heterocycles. The normalized spacial score (nSPS) is 21.7. The summed E-state index contributed by atoms with van der Waals surface area (Å²) in [7, 11) is 1.65. The average Bonchev–Trinajstić information content (AvgIpc) is 3.35. The van der Waals surface area contributed by atoms with Gasteiger partial charge in [0.05, 0.1) is 36.2 Å². The summed E-state index contributed by atoms with van der Waals surface area (Å²) in [5, 5.41) is 13.3. The van der Waals surface area contributed by atoms with Crippen molar-refractivity contribution in [2.24, 2.45) is 0 Å². The molecule has 0 aliphatic carbocycles. The van der Waals surface area contributed by atoms with E-state index in [2.05, 4.69) is 11.1 Å². The number of ether oxygens (including phenoxy) is 1. The fourth-order valence-corrected chi connectivity index (χ4v) is 4.95. The first kappa shape index (κ1) is 20.8. The van der Waals surface area contributed by atoms with Gasteiger partial charge in [0.1, 0.15) is 18.3 Å². The number of benzene rings is 1. The molecule has 1 saturated heterocycles. The molecule has 1 unspecified atom stereocenters. The fourth-order valence-electron chi connectivity index (χ4n) is 4.09. The summed E-state index contributed by atoms with van der Waals surface area (Å²) in [5.74, 6) is 0.753. The monoisotopic (exact) mass is 427 g/mol. The third-order valence-corrected chi connectivity index (χ3v) is 6.83. The zero-order valence-corrected chi connectivity index (χ0v) is 18.3. The van der Waals surface area contributed by atoms with Crippen LogP contribution in [0, 0.1) is 17.3 Å². The van der Waals surface area contributed by atoms with Crippen LogP contribution in [0.25, 0.3) is 11.8 Å². The fraction of sp³-hybridized carbons (Fsp3) is 0.348. The molecule has 0 bridgehead atoms. The zero-order chi connectivity index (χ0) is 21.3. The Morgan fingerprint density at radius 1 is 1.33 bits per heavy atom. The molecule has 30 heavy (non-hydrogen) atoms. The van der Waals surface area contributed by atoms with Crippen LogP contribution in [0.3, 0.4) is 0 Å². The topological polar surface area (TPSA) is 50.1 Å². The summed E-state index contributed by atoms with van der Waals surface area (Å²) < 4.78 is 20.7. The van der Waals surface area contributed by atoms with E-state index in [1.807, 2.05) is 42.8 Å². The first-order chi connectivity index (χ1) is 14.4. The van der Waals surface area contributed by atoms with Gasteiger partial charge < -0.3 is 19.2 Å². The molecule has 0 saturated carbocycles. The highest BCUT2D eigenvalue weighted by atomic mass is 32.1. The van der Waals surface area contributed by atoms with Gasteiger partial charge in [0.25, 0.3) is 0 Å². The summed E-state index contributed by atoms with van der Waals surface area (Å²) in [4.78, 5) is 5.09. The Hall–Kier alpha value is -2.48. The molecule has 4 rings (SSSR count). The number of quaternary nitrogens is 1. The van der Waals surface area contributed by atoms with Gasteiger partial charge in [-0.15, -0.1) is 11.3 Å². The molecule has 158 valence electrons. The molecule has 0 N–H and O–H groups in total. The van der Waals surface area contributed by atoms with E-state index in [4.69, 9.17) is 4.74 Å². The first-order valence-electron chi connectivity index (χ1n) is 10.1. The Labute approximate surface area is 180 Å². The zero-order valence-electron chi connectivity index (χ0n) is 17.5. The van der Waals surface area contributed by atoms with Crippen molar-refractivity contribution in [3.63, 3.8) is 0 Å². The predicted molar refractivity (Wildman–Crippen MR) is 118 cm³/mol. The number of aromatic nitrogens is 2. The van der Waals surface area contributed by atoms with Crippen LogP contribution in [-0.4, -0.2) is 34.4 Å². The summed E-state index contributed by atoms with van der Waals surface area (Å²) in [6.07, 6.45) is 7.55. The van der Waals surface area contributed by atoms with Crippen molar-refractivity contribution in [2.75, 3.05) is 20.2 Å². The Balaban J connectivity index is 1.58. The number of imidazole rings is 1. The standard InChI is InChI=1S/C23H26FN3O2S/c1-16-13-26(15-25-16)20-7-6-18(12-21(20)29-3)11-19-5-4-10-27(28,14-19)17(2)22-8-9-23(24)30-22/h6-9,11-13,15,17H,4-5,10,14H2,1-3H3/t17-,27?/m1/s1. The van der Waals surface area contributed by atoms with Crippen molar-refractivity contribution in [1.29, 1.82) is 0 Å². The molecule has 1 aliphatic heterocycles. The highest BCUT2D eigenvalue weighted by molar-refractivity contribution is 7.10. The number of thiophene rings is 1. The van der Waals surface area contributed by atoms with Gasteiger partial charge in [-0.05, 0) is 55.7 Å². The average molecular weight is 428 g/mol. The lowest BCUT2D eigenvalue weighted by atomic mass is 9.99. The van der Waals surface area contributed by atoms with Gasteiger partial charge in [-0.1, -0.05) is 12.1 Å². The minimum Gasteiger partial charge on any atom is -0.632 e. The van der Waals surface area contributed by atoms with E-state index < -0.39 is 0 Å². The number of hydroxylamine groups is 3. The number of halogens is 1. The minimum absolute atomic E-state index is 0.239. The molecule has 1 aromatic carbocycles. The van der Waals surface area contributed by atoms with E-state index in [9.17, 15) is 9.60 Å². The number of piperidine rings is 1. The van der Waals surface area contributed by atoms with Crippen molar-refractivity contribution in [1.82, 2.24) is 9.55 Å². The molecular formula is C23H26FN3O2S. The second-order valence-corrected chi connectivity index (χ2v) is 8.98. The third kappa shape index (κ3) is 4.19. The maximum absolute atomic E-state index is 13.5. The third-order valence-electron chi connectivity index (χ3n) is 5.78. The Morgan fingerprint density at radius 2 is 2.17 bits per heavy atom. The number of aryl methyl sites for hydroxylation is 1. The van der Waals surface area contributed by atoms with Crippen LogP contribution >= 0.6 is 11.3 Å². The molecule has 0 amide bonds. The van der Waals surface area contributed by atoms with E-state index >= 15 is 0 Å². The molecule has 3 aromatic rings. The Morgan fingerprint density at radius 3 is 2.83 bits per heavy atom. The molecule has 0 radical (unpaired) electrons. The van der Waals surface area contributed by atoms with Gasteiger partial charge in [0.15, 0.2) is 5.13 Å². The largest absolute Gasteiger partial charge is 0.632 e. The quantitative estimate of drug-likeness (QED) is 0.391. The summed E-state index contributed by atoms with van der Waals surface area (Å²) >= 11 is 1.07. The van der Waals surface area contributed by atoms with Crippen LogP contribution in [0.5, 0.6) is 5.75 Å². The molecule has 7 heteroatoms. The van der Waals surface area contributed by atoms with Crippen molar-refractivity contribution < 1.29 is 13.8 Å². The molecular weight excluding hydrogens is 401 g/mol. The van der Waals surface area contributed by atoms with Gasteiger partial charge in [-0.3, -0.25) is 0 Å². The smallest absolute Gasteiger partial charge is 0.176 e. The molecule has 0 spiro atoms. The van der Waals surface area contributed by atoms with Crippen molar-refractivity contribution in [3.05, 3.63) is 74.9 Å². The maximum Gasteiger partial charge on any atom is 0.176 e. The minimum atomic E-state index is -0.338. The van der Waals surface area contributed by atoms with Crippen LogP contribution in [0.15, 0.2) is 48.4 Å². The van der Waals surface area contributed by atoms with Crippen molar-refractivity contribution in [3.8, 4) is 11.4 Å². The molecule has 5 nitrogen and oxygen atoms in total. The van der Waals surface area contributed by atoms with E-state index in [-0.39, 0.29) is 15.8 Å². The SMILES string of the molecule is COc1cc(C=C2CCC[N+]([O-])([C@H](C)c3ccc(F)s3)C2)ccc1-n1cnc(C)c1. The Kier molecular flexibility index (Phi) is 5.77. The lowest BCUT2D eigenvalue weighted by Crippen LogP contribution is -2.48. The van der Waals surface area contributed by atoms with Crippen LogP contribution in [0.1, 0.15) is 41.9 Å². The van der Waals surface area contributed by atoms with Crippen LogP contribution in [0.4, 0.5) is 4.39 Å². The van der Waals surface area contributed by atoms with Crippen molar-refractivity contribution >= 4 is 17.4 Å². The second-order valence-electron chi connectivity index (χ2n) is 7.91. The number of methoxy groups -OCH3 is 1. The second kappa shape index (κ2) is 8.34. The van der Waals surface area contributed by atoms with Gasteiger partial charge >= 0.3 is 0 Å². The van der Waals surface area contributed by atoms with Crippen LogP contribution in [-0.2, 0) is 0 Å². The summed E-state index contributed by atoms with van der Waals surface area (Å²) in [5.41, 5.74) is 3.99. The number of likely N-dealkylation sites (tertiary alicyclic amines) is 1. The van der Waals surface area contributed by atoms with E-state index in [0.29, 0.717) is 13.1 Å². The molecule has 1 fully saturated rings. The van der Waals surface area contributed by atoms with Crippen molar-refractivity contribution in [2.45, 2.75) is 32.7 Å². The highest BCUT2D eigenvalue weighted by Gasteiger charge is 2.31. The maximum atomic E-state index is 13.5. The predicted octanol–water partition coefficient (Wildman–Crippen LogP) is 5.64. The number of nitrogens with zero attached hydrogens (tertiary/aromatic N) is 3. The Bertz CT molecular complexity index is 1070. The number of hydrogen-bond acceptors (Lipinski definition) is 4. The molecule has 3 heterocycles. The molecule has 1 aliphatic rings. The summed E-state index contributed by atoms with van der Waals surface area (Å²) in [6.45, 7) is 4.84. The van der Waals surface area contributed by atoms with E-state index in [1.54, 1.807) is 19.5 Å². The lowest BCUT2D eigenvalue weighted by molar-refractivity contribution is -0.908. The van der Waals surface area contributed by atoms with E-state index in [1.165, 1.54) is 6.07 Å². The summed E-state index contributed by atoms with van der Waals surface area (Å²) in [6, 6.07) is 8.94. The van der Waals surface area contributed by atoms with Crippen LogP contribution in [0.2, 0.25) is 0 Å². The molecule has 2 atom stereocenters. The van der Waals surface area contributed by atoms with Gasteiger partial charge in [-0.2, -0.15) is 4.39 Å². The first-order valence-corrected chi connectivity index (χ1v) is 10.9. The number of hydrogen-bond donors (Lipinski definition) is 0. The van der Waals surface area contributed by atoms with Gasteiger partial charge in [0, 0.05) is 12.6 Å². The number of rotatable bonds is 5. The van der Waals surface area contributed by atoms with E-state index in [0.717, 1.165) is 57.3 Å². The van der Waals surface area contributed by atoms with Crippen LogP contribution < -0.4 is 4.74 Å². The highest BCUT2D eigenvalue weighted by Crippen LogP contribution is 2.37. The van der Waals surface area contributed by atoms with Gasteiger partial charge in [0.2, 0.25) is 0 Å².